The van der Waals surface area contributed by atoms with Crippen molar-refractivity contribution >= 4 is 5.91 Å². The van der Waals surface area contributed by atoms with Crippen molar-refractivity contribution in [3.05, 3.63) is 65.1 Å². The Kier molecular flexibility index (Phi) is 6.53. The second-order valence-electron chi connectivity index (χ2n) is 7.96. The van der Waals surface area contributed by atoms with E-state index in [4.69, 9.17) is 9.15 Å². The molecule has 2 aromatic heterocycles. The maximum Gasteiger partial charge on any atom is 0.280 e. The van der Waals surface area contributed by atoms with Gasteiger partial charge in [-0.1, -0.05) is 12.1 Å². The van der Waals surface area contributed by atoms with Crippen molar-refractivity contribution in [1.82, 2.24) is 19.7 Å². The number of carbonyl (C=O) groups excluding carboxylic acids is 1. The third-order valence-electron chi connectivity index (χ3n) is 5.63. The van der Waals surface area contributed by atoms with E-state index in [-0.39, 0.29) is 24.2 Å². The standard InChI is InChI=1S/C23H26F2N4O3/c1-15-10-20(22(24)25)29(27-15)14-21(30)28-9-4-3-8-19(28)23-26-13-18(32-23)12-16-6-5-7-17(11-16)31-2/h5-7,10-11,13,19,22H,3-4,8-9,12,14H2,1-2H3/t19-/m0/s1. The molecule has 4 rings (SSSR count). The summed E-state index contributed by atoms with van der Waals surface area (Å²) in [6, 6.07) is 8.70. The zero-order valence-electron chi connectivity index (χ0n) is 18.1. The zero-order chi connectivity index (χ0) is 22.7. The second-order valence-corrected chi connectivity index (χ2v) is 7.96. The van der Waals surface area contributed by atoms with Crippen molar-refractivity contribution in [2.24, 2.45) is 0 Å². The molecule has 0 bridgehead atoms. The molecule has 0 N–H and O–H groups in total. The maximum absolute atomic E-state index is 13.3. The molecular formula is C23H26F2N4O3. The highest BCUT2D eigenvalue weighted by Crippen LogP contribution is 2.32. The van der Waals surface area contributed by atoms with Crippen molar-refractivity contribution in [2.75, 3.05) is 13.7 Å². The van der Waals surface area contributed by atoms with E-state index in [0.717, 1.165) is 28.8 Å². The number of benzene rings is 1. The SMILES string of the molecule is COc1cccc(Cc2cnc([C@@H]3CCCCN3C(=O)Cn3nc(C)cc3C(F)F)o2)c1. The first-order valence-corrected chi connectivity index (χ1v) is 10.6. The van der Waals surface area contributed by atoms with Gasteiger partial charge in [-0.15, -0.1) is 0 Å². The van der Waals surface area contributed by atoms with Crippen LogP contribution in [0.5, 0.6) is 5.75 Å². The van der Waals surface area contributed by atoms with Crippen LogP contribution in [0.1, 0.15) is 60.3 Å². The van der Waals surface area contributed by atoms with Gasteiger partial charge >= 0.3 is 0 Å². The van der Waals surface area contributed by atoms with Gasteiger partial charge < -0.3 is 14.1 Å². The first kappa shape index (κ1) is 22.0. The minimum absolute atomic E-state index is 0.235. The molecule has 1 fully saturated rings. The minimum atomic E-state index is -2.69. The fourth-order valence-corrected chi connectivity index (χ4v) is 4.12. The molecule has 0 saturated carbocycles. The summed E-state index contributed by atoms with van der Waals surface area (Å²) in [5.41, 5.74) is 1.23. The van der Waals surface area contributed by atoms with Crippen LogP contribution in [0.3, 0.4) is 0 Å². The van der Waals surface area contributed by atoms with Crippen LogP contribution in [0.15, 0.2) is 40.9 Å². The van der Waals surface area contributed by atoms with Crippen LogP contribution < -0.4 is 4.74 Å². The number of hydrogen-bond donors (Lipinski definition) is 0. The summed E-state index contributed by atoms with van der Waals surface area (Å²) in [7, 11) is 1.62. The molecule has 3 aromatic rings. The molecule has 1 aliphatic rings. The molecule has 0 aliphatic carbocycles. The molecule has 0 unspecified atom stereocenters. The Morgan fingerprint density at radius 1 is 1.31 bits per heavy atom. The van der Waals surface area contributed by atoms with Gasteiger partial charge in [0, 0.05) is 13.0 Å². The Labute approximate surface area is 185 Å². The molecule has 7 nitrogen and oxygen atoms in total. The lowest BCUT2D eigenvalue weighted by Crippen LogP contribution is -2.40. The lowest BCUT2D eigenvalue weighted by Gasteiger charge is -2.34. The van der Waals surface area contributed by atoms with Crippen LogP contribution in [0.2, 0.25) is 0 Å². The van der Waals surface area contributed by atoms with Crippen LogP contribution in [0.4, 0.5) is 8.78 Å². The number of alkyl halides is 2. The van der Waals surface area contributed by atoms with Gasteiger partial charge in [-0.25, -0.2) is 13.8 Å². The third kappa shape index (κ3) is 4.81. The summed E-state index contributed by atoms with van der Waals surface area (Å²) in [5, 5.41) is 4.07. The minimum Gasteiger partial charge on any atom is -0.497 e. The molecule has 3 heterocycles. The number of hydrogen-bond acceptors (Lipinski definition) is 5. The number of carbonyl (C=O) groups is 1. The van der Waals surface area contributed by atoms with E-state index in [9.17, 15) is 13.6 Å². The Balaban J connectivity index is 1.49. The van der Waals surface area contributed by atoms with Gasteiger partial charge in [0.15, 0.2) is 0 Å². The normalized spacial score (nSPS) is 16.5. The molecular weight excluding hydrogens is 418 g/mol. The molecule has 170 valence electrons. The van der Waals surface area contributed by atoms with E-state index in [1.165, 1.54) is 6.07 Å². The van der Waals surface area contributed by atoms with Gasteiger partial charge in [0.25, 0.3) is 6.43 Å². The highest BCUT2D eigenvalue weighted by Gasteiger charge is 2.32. The number of aromatic nitrogens is 3. The maximum atomic E-state index is 13.3. The fraction of sp³-hybridized carbons (Fsp3) is 0.435. The van der Waals surface area contributed by atoms with Gasteiger partial charge in [-0.2, -0.15) is 5.10 Å². The second kappa shape index (κ2) is 9.50. The number of piperidine rings is 1. The topological polar surface area (TPSA) is 73.4 Å². The zero-order valence-corrected chi connectivity index (χ0v) is 18.1. The van der Waals surface area contributed by atoms with Crippen LogP contribution in [0.25, 0.3) is 0 Å². The molecule has 1 saturated heterocycles. The number of amides is 1. The van der Waals surface area contributed by atoms with Gasteiger partial charge in [-0.3, -0.25) is 9.48 Å². The van der Waals surface area contributed by atoms with Gasteiger partial charge in [-0.05, 0) is 49.9 Å². The molecule has 0 radical (unpaired) electrons. The number of ether oxygens (including phenoxy) is 1. The van der Waals surface area contributed by atoms with Gasteiger partial charge in [0.2, 0.25) is 11.8 Å². The largest absolute Gasteiger partial charge is 0.497 e. The summed E-state index contributed by atoms with van der Waals surface area (Å²) in [6.07, 6.45) is 2.04. The van der Waals surface area contributed by atoms with Crippen molar-refractivity contribution in [2.45, 2.75) is 51.6 Å². The number of oxazole rings is 1. The number of aryl methyl sites for hydroxylation is 1. The van der Waals surface area contributed by atoms with Crippen LogP contribution in [-0.2, 0) is 17.8 Å². The quantitative estimate of drug-likeness (QED) is 0.538. The Bertz CT molecular complexity index is 1080. The third-order valence-corrected chi connectivity index (χ3v) is 5.63. The van der Waals surface area contributed by atoms with E-state index >= 15 is 0 Å². The number of rotatable bonds is 7. The number of likely N-dealkylation sites (tertiary alicyclic amines) is 1. The summed E-state index contributed by atoms with van der Waals surface area (Å²) in [6.45, 7) is 1.93. The lowest BCUT2D eigenvalue weighted by molar-refractivity contribution is -0.136. The molecule has 1 amide bonds. The van der Waals surface area contributed by atoms with Crippen molar-refractivity contribution < 1.29 is 22.7 Å². The summed E-state index contributed by atoms with van der Waals surface area (Å²) in [4.78, 5) is 19.2. The monoisotopic (exact) mass is 444 g/mol. The van der Waals surface area contributed by atoms with E-state index in [0.29, 0.717) is 36.7 Å². The predicted molar refractivity (Wildman–Crippen MR) is 113 cm³/mol. The van der Waals surface area contributed by atoms with E-state index in [1.807, 2.05) is 24.3 Å². The van der Waals surface area contributed by atoms with E-state index in [1.54, 1.807) is 25.1 Å². The Morgan fingerprint density at radius 3 is 2.94 bits per heavy atom. The molecule has 32 heavy (non-hydrogen) atoms. The highest BCUT2D eigenvalue weighted by atomic mass is 19.3. The lowest BCUT2D eigenvalue weighted by atomic mass is 10.0. The van der Waals surface area contributed by atoms with Crippen LogP contribution >= 0.6 is 0 Å². The number of nitrogens with zero attached hydrogens (tertiary/aromatic N) is 4. The average molecular weight is 444 g/mol. The number of methoxy groups -OCH3 is 1. The molecule has 1 aliphatic heterocycles. The summed E-state index contributed by atoms with van der Waals surface area (Å²) < 4.78 is 38.9. The molecule has 0 spiro atoms. The average Bonchev–Trinajstić information content (AvgIpc) is 3.40. The summed E-state index contributed by atoms with van der Waals surface area (Å²) in [5.74, 6) is 1.66. The van der Waals surface area contributed by atoms with E-state index < -0.39 is 6.43 Å². The van der Waals surface area contributed by atoms with Crippen molar-refractivity contribution in [1.29, 1.82) is 0 Å². The smallest absolute Gasteiger partial charge is 0.280 e. The fourth-order valence-electron chi connectivity index (χ4n) is 4.12. The number of halogens is 2. The van der Waals surface area contributed by atoms with Crippen LogP contribution in [0, 0.1) is 6.92 Å². The summed E-state index contributed by atoms with van der Waals surface area (Å²) >= 11 is 0. The first-order valence-electron chi connectivity index (χ1n) is 10.6. The van der Waals surface area contributed by atoms with Gasteiger partial charge in [0.05, 0.1) is 19.0 Å². The molecule has 9 heteroatoms. The highest BCUT2D eigenvalue weighted by molar-refractivity contribution is 5.76. The molecule has 1 aromatic carbocycles. The Morgan fingerprint density at radius 2 is 2.16 bits per heavy atom. The van der Waals surface area contributed by atoms with Gasteiger partial charge in [0.1, 0.15) is 29.8 Å². The van der Waals surface area contributed by atoms with Crippen LogP contribution in [-0.4, -0.2) is 39.2 Å². The van der Waals surface area contributed by atoms with Crippen molar-refractivity contribution in [3.8, 4) is 5.75 Å². The van der Waals surface area contributed by atoms with E-state index in [2.05, 4.69) is 10.1 Å². The molecule has 1 atom stereocenters. The first-order chi connectivity index (χ1) is 15.4. The Hall–Kier alpha value is -3.23. The predicted octanol–water partition coefficient (Wildman–Crippen LogP) is 4.47. The van der Waals surface area contributed by atoms with Crippen molar-refractivity contribution in [3.63, 3.8) is 0 Å².